The van der Waals surface area contributed by atoms with E-state index in [0.717, 1.165) is 25.7 Å². The molecular formula is C18H33NO2. The van der Waals surface area contributed by atoms with Gasteiger partial charge in [-0.1, -0.05) is 51.9 Å². The Hall–Kier alpha value is -0.570. The maximum atomic E-state index is 12.8. The average Bonchev–Trinajstić information content (AvgIpc) is 2.76. The minimum Gasteiger partial charge on any atom is -0.465 e. The van der Waals surface area contributed by atoms with Gasteiger partial charge in [-0.3, -0.25) is 10.1 Å². The predicted molar refractivity (Wildman–Crippen MR) is 86.2 cm³/mol. The van der Waals surface area contributed by atoms with Crippen molar-refractivity contribution in [1.29, 1.82) is 0 Å². The third-order valence-electron chi connectivity index (χ3n) is 5.52. The summed E-state index contributed by atoms with van der Waals surface area (Å²) >= 11 is 0. The van der Waals surface area contributed by atoms with Crippen molar-refractivity contribution in [2.75, 3.05) is 6.61 Å². The molecule has 1 N–H and O–H groups in total. The Labute approximate surface area is 130 Å². The van der Waals surface area contributed by atoms with Crippen molar-refractivity contribution in [3.8, 4) is 0 Å². The van der Waals surface area contributed by atoms with Crippen LogP contribution in [0.2, 0.25) is 0 Å². The quantitative estimate of drug-likeness (QED) is 0.610. The number of carbonyl (C=O) groups is 1. The Morgan fingerprint density at radius 2 is 1.71 bits per heavy atom. The Balaban J connectivity index is 2.15. The van der Waals surface area contributed by atoms with E-state index in [0.29, 0.717) is 18.6 Å². The third kappa shape index (κ3) is 4.00. The second-order valence-electron chi connectivity index (χ2n) is 6.88. The molecule has 0 heterocycles. The highest BCUT2D eigenvalue weighted by atomic mass is 16.5. The second kappa shape index (κ2) is 8.17. The molecule has 3 heteroatoms. The van der Waals surface area contributed by atoms with Crippen molar-refractivity contribution < 1.29 is 9.53 Å². The Kier molecular flexibility index (Phi) is 6.53. The molecule has 0 saturated heterocycles. The third-order valence-corrected chi connectivity index (χ3v) is 5.52. The van der Waals surface area contributed by atoms with Crippen molar-refractivity contribution in [2.45, 2.75) is 96.1 Å². The normalized spacial score (nSPS) is 31.6. The molecular weight excluding hydrogens is 262 g/mol. The Morgan fingerprint density at radius 3 is 2.33 bits per heavy atom. The molecule has 0 spiro atoms. The first-order valence-corrected chi connectivity index (χ1v) is 9.18. The van der Waals surface area contributed by atoms with Crippen molar-refractivity contribution >= 4 is 5.97 Å². The minimum absolute atomic E-state index is 0.0146. The lowest BCUT2D eigenvalue weighted by Gasteiger charge is -2.44. The maximum Gasteiger partial charge on any atom is 0.326 e. The summed E-state index contributed by atoms with van der Waals surface area (Å²) in [6.07, 6.45) is 13.3. The first-order chi connectivity index (χ1) is 10.2. The second-order valence-corrected chi connectivity index (χ2v) is 6.88. The van der Waals surface area contributed by atoms with Gasteiger partial charge in [-0.15, -0.1) is 0 Å². The van der Waals surface area contributed by atoms with E-state index >= 15 is 0 Å². The van der Waals surface area contributed by atoms with Crippen LogP contribution in [0, 0.1) is 5.92 Å². The number of carbonyl (C=O) groups excluding carboxylic acids is 1. The summed E-state index contributed by atoms with van der Waals surface area (Å²) in [4.78, 5) is 12.8. The van der Waals surface area contributed by atoms with Crippen LogP contribution in [-0.4, -0.2) is 24.2 Å². The van der Waals surface area contributed by atoms with Crippen LogP contribution in [0.4, 0.5) is 0 Å². The van der Waals surface area contributed by atoms with E-state index in [-0.39, 0.29) is 5.97 Å². The Bertz CT molecular complexity index is 323. The number of hydrogen-bond acceptors (Lipinski definition) is 3. The number of ether oxygens (including phenoxy) is 1. The van der Waals surface area contributed by atoms with Crippen LogP contribution in [0.25, 0.3) is 0 Å². The predicted octanol–water partition coefficient (Wildman–Crippen LogP) is 4.20. The zero-order valence-electron chi connectivity index (χ0n) is 14.0. The molecule has 2 fully saturated rings. The molecule has 21 heavy (non-hydrogen) atoms. The lowest BCUT2D eigenvalue weighted by atomic mass is 9.70. The minimum atomic E-state index is -0.405. The standard InChI is InChI=1S/C18H33NO2/c1-3-15-11-9-10-14-18(15,17(20)21-4-2)19-16-12-7-5-6-8-13-16/h15-16,19H,3-14H2,1-2H3. The fourth-order valence-electron chi connectivity index (χ4n) is 4.36. The monoisotopic (exact) mass is 295 g/mol. The summed E-state index contributed by atoms with van der Waals surface area (Å²) in [5.74, 6) is 0.453. The zero-order chi connectivity index (χ0) is 15.1. The molecule has 2 rings (SSSR count). The summed E-state index contributed by atoms with van der Waals surface area (Å²) in [6, 6.07) is 0.504. The molecule has 0 radical (unpaired) electrons. The van der Waals surface area contributed by atoms with Gasteiger partial charge in [0.2, 0.25) is 0 Å². The molecule has 3 nitrogen and oxygen atoms in total. The number of rotatable bonds is 5. The van der Waals surface area contributed by atoms with Gasteiger partial charge in [0.05, 0.1) is 6.61 Å². The van der Waals surface area contributed by atoms with Gasteiger partial charge in [0, 0.05) is 6.04 Å². The van der Waals surface area contributed by atoms with Gasteiger partial charge in [-0.05, 0) is 38.5 Å². The van der Waals surface area contributed by atoms with E-state index in [4.69, 9.17) is 4.74 Å². The van der Waals surface area contributed by atoms with Gasteiger partial charge in [0.1, 0.15) is 5.54 Å². The molecule has 0 aromatic heterocycles. The average molecular weight is 295 g/mol. The number of hydrogen-bond donors (Lipinski definition) is 1. The van der Waals surface area contributed by atoms with Gasteiger partial charge < -0.3 is 4.74 Å². The topological polar surface area (TPSA) is 38.3 Å². The van der Waals surface area contributed by atoms with E-state index < -0.39 is 5.54 Å². The summed E-state index contributed by atoms with van der Waals surface area (Å²) in [5.41, 5.74) is -0.405. The van der Waals surface area contributed by atoms with E-state index in [2.05, 4.69) is 12.2 Å². The van der Waals surface area contributed by atoms with E-state index in [9.17, 15) is 4.79 Å². The molecule has 2 aliphatic rings. The molecule has 0 aromatic carbocycles. The van der Waals surface area contributed by atoms with E-state index in [1.54, 1.807) is 0 Å². The molecule has 0 amide bonds. The van der Waals surface area contributed by atoms with Crippen LogP contribution in [0.5, 0.6) is 0 Å². The van der Waals surface area contributed by atoms with Gasteiger partial charge >= 0.3 is 5.97 Å². The van der Waals surface area contributed by atoms with Crippen LogP contribution in [0.3, 0.4) is 0 Å². The SMILES string of the molecule is CCOC(=O)C1(NC2CCCCCC2)CCCCC1CC. The van der Waals surface area contributed by atoms with Crippen molar-refractivity contribution in [2.24, 2.45) is 5.92 Å². The lowest BCUT2D eigenvalue weighted by Crippen LogP contribution is -2.62. The highest BCUT2D eigenvalue weighted by Gasteiger charge is 2.48. The molecule has 2 unspecified atom stereocenters. The number of nitrogens with one attached hydrogen (secondary N) is 1. The molecule has 0 aromatic rings. The van der Waals surface area contributed by atoms with Crippen molar-refractivity contribution in [3.63, 3.8) is 0 Å². The summed E-state index contributed by atoms with van der Waals surface area (Å²) < 4.78 is 5.49. The molecule has 2 atom stereocenters. The van der Waals surface area contributed by atoms with Crippen molar-refractivity contribution in [1.82, 2.24) is 5.32 Å². The zero-order valence-corrected chi connectivity index (χ0v) is 14.0. The van der Waals surface area contributed by atoms with Gasteiger partial charge in [-0.2, -0.15) is 0 Å². The smallest absolute Gasteiger partial charge is 0.326 e. The summed E-state index contributed by atoms with van der Waals surface area (Å²) in [6.45, 7) is 4.63. The largest absolute Gasteiger partial charge is 0.465 e. The molecule has 2 aliphatic carbocycles. The van der Waals surface area contributed by atoms with E-state index in [1.165, 1.54) is 44.9 Å². The fourth-order valence-corrected chi connectivity index (χ4v) is 4.36. The molecule has 122 valence electrons. The molecule has 0 bridgehead atoms. The van der Waals surface area contributed by atoms with Crippen LogP contribution < -0.4 is 5.32 Å². The maximum absolute atomic E-state index is 12.8. The summed E-state index contributed by atoms with van der Waals surface area (Å²) in [5, 5.41) is 3.82. The van der Waals surface area contributed by atoms with Gasteiger partial charge in [-0.25, -0.2) is 0 Å². The van der Waals surface area contributed by atoms with E-state index in [1.807, 2.05) is 6.92 Å². The Morgan fingerprint density at radius 1 is 1.05 bits per heavy atom. The highest BCUT2D eigenvalue weighted by molar-refractivity contribution is 5.81. The first-order valence-electron chi connectivity index (χ1n) is 9.18. The first kappa shape index (κ1) is 16.8. The van der Waals surface area contributed by atoms with Crippen LogP contribution in [-0.2, 0) is 9.53 Å². The summed E-state index contributed by atoms with van der Waals surface area (Å²) in [7, 11) is 0. The molecule has 0 aliphatic heterocycles. The van der Waals surface area contributed by atoms with Gasteiger partial charge in [0.25, 0.3) is 0 Å². The number of esters is 1. The fraction of sp³-hybridized carbons (Fsp3) is 0.944. The van der Waals surface area contributed by atoms with Crippen LogP contribution in [0.1, 0.15) is 84.5 Å². The molecule has 2 saturated carbocycles. The highest BCUT2D eigenvalue weighted by Crippen LogP contribution is 2.38. The van der Waals surface area contributed by atoms with Gasteiger partial charge in [0.15, 0.2) is 0 Å². The van der Waals surface area contributed by atoms with Crippen LogP contribution in [0.15, 0.2) is 0 Å². The lowest BCUT2D eigenvalue weighted by molar-refractivity contribution is -0.156. The van der Waals surface area contributed by atoms with Crippen molar-refractivity contribution in [3.05, 3.63) is 0 Å². The van der Waals surface area contributed by atoms with Crippen LogP contribution >= 0.6 is 0 Å².